The number of rotatable bonds is 3. The average molecular weight is 410 g/mol. The summed E-state index contributed by atoms with van der Waals surface area (Å²) in [5.74, 6) is 1.02. The largest absolute Gasteiger partial charge is 0.455 e. The lowest BCUT2D eigenvalue weighted by molar-refractivity contribution is 0.479. The highest BCUT2D eigenvalue weighted by Crippen LogP contribution is 2.33. The number of para-hydroxylation sites is 1. The molecule has 0 fully saturated rings. The second-order valence-electron chi connectivity index (χ2n) is 3.67. The summed E-state index contributed by atoms with van der Waals surface area (Å²) in [4.78, 5) is -0.0485. The van der Waals surface area contributed by atoms with E-state index < -0.39 is 10.0 Å². The third-order valence-electron chi connectivity index (χ3n) is 2.29. The Morgan fingerprint density at radius 1 is 1.11 bits per heavy atom. The molecule has 2 N–H and O–H groups in total. The molecule has 0 unspecified atom stereocenters. The van der Waals surface area contributed by atoms with Gasteiger partial charge in [-0.25, -0.2) is 13.6 Å². The van der Waals surface area contributed by atoms with Crippen LogP contribution in [0.1, 0.15) is 0 Å². The molecule has 0 aliphatic rings. The fourth-order valence-electron chi connectivity index (χ4n) is 1.39. The maximum Gasteiger partial charge on any atom is 0.238 e. The van der Waals surface area contributed by atoms with Gasteiger partial charge in [0, 0.05) is 0 Å². The van der Waals surface area contributed by atoms with E-state index in [-0.39, 0.29) is 9.92 Å². The van der Waals surface area contributed by atoms with Gasteiger partial charge in [-0.15, -0.1) is 0 Å². The molecule has 4 nitrogen and oxygen atoms in total. The summed E-state index contributed by atoms with van der Waals surface area (Å²) >= 11 is 8.12. The minimum Gasteiger partial charge on any atom is -0.455 e. The number of nitrogens with two attached hydrogens (primary N) is 1. The zero-order valence-corrected chi connectivity index (χ0v) is 13.2. The van der Waals surface area contributed by atoms with Crippen LogP contribution in [0.4, 0.5) is 0 Å². The maximum absolute atomic E-state index is 11.2. The van der Waals surface area contributed by atoms with Gasteiger partial charge in [-0.05, 0) is 52.9 Å². The molecule has 0 aromatic heterocycles. The molecule has 0 radical (unpaired) electrons. The van der Waals surface area contributed by atoms with E-state index in [0.29, 0.717) is 11.5 Å². The van der Waals surface area contributed by atoms with E-state index in [0.717, 1.165) is 3.57 Å². The normalized spacial score (nSPS) is 11.3. The molecule has 0 saturated heterocycles. The van der Waals surface area contributed by atoms with E-state index in [9.17, 15) is 8.42 Å². The number of sulfonamides is 1. The Hall–Kier alpha value is -0.830. The van der Waals surface area contributed by atoms with Gasteiger partial charge in [-0.3, -0.25) is 0 Å². The standard InChI is InChI=1S/C12H9ClINO3S/c13-9-7-8(19(15,16)17)5-6-11(9)18-12-4-2-1-3-10(12)14/h1-7H,(H2,15,16,17). The molecule has 0 heterocycles. The molecule has 7 heteroatoms. The molecule has 0 atom stereocenters. The molecule has 0 amide bonds. The zero-order valence-electron chi connectivity index (χ0n) is 9.51. The molecule has 0 aliphatic heterocycles. The van der Waals surface area contributed by atoms with Crippen molar-refractivity contribution >= 4 is 44.2 Å². The van der Waals surface area contributed by atoms with Gasteiger partial charge < -0.3 is 4.74 Å². The van der Waals surface area contributed by atoms with Crippen LogP contribution >= 0.6 is 34.2 Å². The highest BCUT2D eigenvalue weighted by Gasteiger charge is 2.12. The van der Waals surface area contributed by atoms with E-state index in [1.807, 2.05) is 18.2 Å². The number of hydrogen-bond acceptors (Lipinski definition) is 3. The molecule has 0 bridgehead atoms. The third-order valence-corrected chi connectivity index (χ3v) is 4.39. The smallest absolute Gasteiger partial charge is 0.238 e. The van der Waals surface area contributed by atoms with Gasteiger partial charge in [0.2, 0.25) is 10.0 Å². The Bertz CT molecular complexity index is 719. The number of hydrogen-bond donors (Lipinski definition) is 1. The summed E-state index contributed by atoms with van der Waals surface area (Å²) < 4.78 is 28.9. The fraction of sp³-hybridized carbons (Fsp3) is 0. The zero-order chi connectivity index (χ0) is 14.0. The van der Waals surface area contributed by atoms with Crippen LogP contribution in [0.3, 0.4) is 0 Å². The number of halogens is 2. The number of primary sulfonamides is 1. The minimum atomic E-state index is -3.76. The van der Waals surface area contributed by atoms with Crippen molar-refractivity contribution in [1.82, 2.24) is 0 Å². The number of benzene rings is 2. The Morgan fingerprint density at radius 2 is 1.79 bits per heavy atom. The van der Waals surface area contributed by atoms with Crippen LogP contribution < -0.4 is 9.88 Å². The quantitative estimate of drug-likeness (QED) is 0.790. The molecular formula is C12H9ClINO3S. The molecule has 0 aliphatic carbocycles. The first-order valence-electron chi connectivity index (χ1n) is 5.12. The molecule has 100 valence electrons. The van der Waals surface area contributed by atoms with Gasteiger partial charge >= 0.3 is 0 Å². The predicted octanol–water partition coefficient (Wildman–Crippen LogP) is 3.38. The lowest BCUT2D eigenvalue weighted by atomic mass is 10.3. The van der Waals surface area contributed by atoms with Crippen molar-refractivity contribution < 1.29 is 13.2 Å². The van der Waals surface area contributed by atoms with E-state index in [2.05, 4.69) is 22.6 Å². The van der Waals surface area contributed by atoms with Crippen LogP contribution in [0.25, 0.3) is 0 Å². The van der Waals surface area contributed by atoms with Crippen molar-refractivity contribution in [3.63, 3.8) is 0 Å². The molecule has 2 aromatic rings. The first-order chi connectivity index (χ1) is 8.88. The van der Waals surface area contributed by atoms with Crippen molar-refractivity contribution in [1.29, 1.82) is 0 Å². The van der Waals surface area contributed by atoms with Gasteiger partial charge in [-0.2, -0.15) is 0 Å². The van der Waals surface area contributed by atoms with Crippen LogP contribution in [0.5, 0.6) is 11.5 Å². The highest BCUT2D eigenvalue weighted by atomic mass is 127. The monoisotopic (exact) mass is 409 g/mol. The molecule has 0 spiro atoms. The molecule has 2 rings (SSSR count). The SMILES string of the molecule is NS(=O)(=O)c1ccc(Oc2ccccc2I)c(Cl)c1. The van der Waals surface area contributed by atoms with Gasteiger partial charge in [0.25, 0.3) is 0 Å². The van der Waals surface area contributed by atoms with Gasteiger partial charge in [-0.1, -0.05) is 23.7 Å². The van der Waals surface area contributed by atoms with Crippen molar-refractivity contribution in [3.8, 4) is 11.5 Å². The second-order valence-corrected chi connectivity index (χ2v) is 6.80. The summed E-state index contributed by atoms with van der Waals surface area (Å²) in [5.41, 5.74) is 0. The van der Waals surface area contributed by atoms with Crippen molar-refractivity contribution in [2.24, 2.45) is 5.14 Å². The Kier molecular flexibility index (Phi) is 4.34. The first kappa shape index (κ1) is 14.6. The lowest BCUT2D eigenvalue weighted by Gasteiger charge is -2.09. The first-order valence-corrected chi connectivity index (χ1v) is 8.13. The topological polar surface area (TPSA) is 69.4 Å². The van der Waals surface area contributed by atoms with Crippen LogP contribution in [-0.4, -0.2) is 8.42 Å². The summed E-state index contributed by atoms with van der Waals surface area (Å²) in [6.45, 7) is 0. The Balaban J connectivity index is 2.36. The summed E-state index contributed by atoms with van der Waals surface area (Å²) in [5, 5.41) is 5.21. The maximum atomic E-state index is 11.2. The minimum absolute atomic E-state index is 0.0485. The van der Waals surface area contributed by atoms with Gasteiger partial charge in [0.05, 0.1) is 13.5 Å². The second kappa shape index (κ2) is 5.66. The summed E-state index contributed by atoms with van der Waals surface area (Å²) in [6, 6.07) is 11.5. The molecule has 2 aromatic carbocycles. The van der Waals surface area contributed by atoms with E-state index in [1.54, 1.807) is 6.07 Å². The molecule has 19 heavy (non-hydrogen) atoms. The molecule has 0 saturated carbocycles. The van der Waals surface area contributed by atoms with E-state index >= 15 is 0 Å². The lowest BCUT2D eigenvalue weighted by Crippen LogP contribution is -2.11. The fourth-order valence-corrected chi connectivity index (χ4v) is 2.71. The van der Waals surface area contributed by atoms with Crippen LogP contribution in [0.2, 0.25) is 5.02 Å². The van der Waals surface area contributed by atoms with Gasteiger partial charge in [0.15, 0.2) is 0 Å². The van der Waals surface area contributed by atoms with Crippen molar-refractivity contribution in [2.45, 2.75) is 4.90 Å². The van der Waals surface area contributed by atoms with Crippen LogP contribution in [0.15, 0.2) is 47.4 Å². The number of ether oxygens (including phenoxy) is 1. The van der Waals surface area contributed by atoms with Gasteiger partial charge in [0.1, 0.15) is 11.5 Å². The van der Waals surface area contributed by atoms with Crippen LogP contribution in [-0.2, 0) is 10.0 Å². The highest BCUT2D eigenvalue weighted by molar-refractivity contribution is 14.1. The third kappa shape index (κ3) is 3.59. The molecular weight excluding hydrogens is 401 g/mol. The average Bonchev–Trinajstić information content (AvgIpc) is 2.33. The summed E-state index contributed by atoms with van der Waals surface area (Å²) in [6.07, 6.45) is 0. The van der Waals surface area contributed by atoms with Crippen LogP contribution in [0, 0.1) is 3.57 Å². The van der Waals surface area contributed by atoms with E-state index in [1.165, 1.54) is 18.2 Å². The predicted molar refractivity (Wildman–Crippen MR) is 82.1 cm³/mol. The van der Waals surface area contributed by atoms with E-state index in [4.69, 9.17) is 21.5 Å². The summed E-state index contributed by atoms with van der Waals surface area (Å²) in [7, 11) is -3.76. The Morgan fingerprint density at radius 3 is 2.37 bits per heavy atom. The van der Waals surface area contributed by atoms with Crippen molar-refractivity contribution in [3.05, 3.63) is 51.1 Å². The van der Waals surface area contributed by atoms with Crippen molar-refractivity contribution in [2.75, 3.05) is 0 Å². The Labute approximate surface area is 129 Å².